The van der Waals surface area contributed by atoms with E-state index in [1.165, 1.54) is 0 Å². The summed E-state index contributed by atoms with van der Waals surface area (Å²) < 4.78 is 0. The van der Waals surface area contributed by atoms with Crippen molar-refractivity contribution in [2.45, 2.75) is 0 Å². The van der Waals surface area contributed by atoms with Gasteiger partial charge in [0, 0.05) is 11.6 Å². The van der Waals surface area contributed by atoms with Crippen molar-refractivity contribution in [1.29, 1.82) is 0 Å². The number of aromatic nitrogens is 4. The second-order valence-corrected chi connectivity index (χ2v) is 3.76. The maximum Gasteiger partial charge on any atom is 0.225 e. The average Bonchev–Trinajstić information content (AvgIpc) is 2.37. The van der Waals surface area contributed by atoms with Crippen LogP contribution < -0.4 is 11.5 Å². The number of nitrogens with zero attached hydrogens (tertiary/aromatic N) is 4. The van der Waals surface area contributed by atoms with Gasteiger partial charge in [-0.3, -0.25) is 4.98 Å². The standard InChI is InChI=1S/C12H10N6/c13-11-16-10(17-12(14)18-11)9-8-4-2-1-3-7(8)5-6-15-9/h1-6H,(H4,13,14,16,17,18). The van der Waals surface area contributed by atoms with Crippen molar-refractivity contribution in [3.63, 3.8) is 0 Å². The molecule has 0 radical (unpaired) electrons. The highest BCUT2D eigenvalue weighted by Gasteiger charge is 2.09. The molecule has 0 aliphatic heterocycles. The van der Waals surface area contributed by atoms with Crippen LogP contribution >= 0.6 is 0 Å². The first-order chi connectivity index (χ1) is 8.74. The zero-order valence-corrected chi connectivity index (χ0v) is 9.41. The number of benzene rings is 1. The van der Waals surface area contributed by atoms with E-state index < -0.39 is 0 Å². The number of fused-ring (bicyclic) bond motifs is 1. The number of anilines is 2. The minimum Gasteiger partial charge on any atom is -0.368 e. The van der Waals surface area contributed by atoms with Gasteiger partial charge in [0.25, 0.3) is 0 Å². The van der Waals surface area contributed by atoms with Crippen LogP contribution in [0.25, 0.3) is 22.3 Å². The minimum absolute atomic E-state index is 0.0900. The molecule has 0 fully saturated rings. The molecule has 0 saturated heterocycles. The van der Waals surface area contributed by atoms with Crippen LogP contribution in [0.15, 0.2) is 36.5 Å². The fourth-order valence-electron chi connectivity index (χ4n) is 1.81. The Balaban J connectivity index is 2.31. The number of hydrogen-bond donors (Lipinski definition) is 2. The summed E-state index contributed by atoms with van der Waals surface area (Å²) in [7, 11) is 0. The summed E-state index contributed by atoms with van der Waals surface area (Å²) in [5, 5.41) is 2.00. The van der Waals surface area contributed by atoms with E-state index in [1.54, 1.807) is 6.20 Å². The van der Waals surface area contributed by atoms with E-state index in [-0.39, 0.29) is 11.9 Å². The maximum atomic E-state index is 5.57. The molecule has 4 N–H and O–H groups in total. The fourth-order valence-corrected chi connectivity index (χ4v) is 1.81. The lowest BCUT2D eigenvalue weighted by molar-refractivity contribution is 1.07. The van der Waals surface area contributed by atoms with Crippen LogP contribution in [0.3, 0.4) is 0 Å². The van der Waals surface area contributed by atoms with Gasteiger partial charge in [-0.15, -0.1) is 0 Å². The first kappa shape index (κ1) is 10.4. The average molecular weight is 238 g/mol. The molecular formula is C12H10N6. The number of nitrogen functional groups attached to an aromatic ring is 2. The Morgan fingerprint density at radius 2 is 1.56 bits per heavy atom. The second kappa shape index (κ2) is 3.92. The van der Waals surface area contributed by atoms with Gasteiger partial charge in [-0.25, -0.2) is 0 Å². The highest BCUT2D eigenvalue weighted by molar-refractivity contribution is 5.92. The highest BCUT2D eigenvalue weighted by Crippen LogP contribution is 2.23. The molecule has 6 heteroatoms. The van der Waals surface area contributed by atoms with Gasteiger partial charge in [0.05, 0.1) is 0 Å². The first-order valence-corrected chi connectivity index (χ1v) is 5.35. The van der Waals surface area contributed by atoms with E-state index in [9.17, 15) is 0 Å². The van der Waals surface area contributed by atoms with Gasteiger partial charge < -0.3 is 11.5 Å². The molecule has 0 spiro atoms. The van der Waals surface area contributed by atoms with Crippen LogP contribution in [0.1, 0.15) is 0 Å². The molecule has 0 atom stereocenters. The Morgan fingerprint density at radius 3 is 2.33 bits per heavy atom. The quantitative estimate of drug-likeness (QED) is 0.661. The summed E-state index contributed by atoms with van der Waals surface area (Å²) in [6.07, 6.45) is 1.70. The van der Waals surface area contributed by atoms with Crippen LogP contribution in [0.4, 0.5) is 11.9 Å². The summed E-state index contributed by atoms with van der Waals surface area (Å²) in [5.41, 5.74) is 11.8. The Hall–Kier alpha value is -2.76. The predicted molar refractivity (Wildman–Crippen MR) is 69.4 cm³/mol. The Kier molecular flexibility index (Phi) is 2.26. The Labute approximate surface area is 103 Å². The normalized spacial score (nSPS) is 10.7. The number of rotatable bonds is 1. The van der Waals surface area contributed by atoms with Gasteiger partial charge in [0.1, 0.15) is 5.69 Å². The van der Waals surface area contributed by atoms with Crippen molar-refractivity contribution in [1.82, 2.24) is 19.9 Å². The maximum absolute atomic E-state index is 5.57. The molecule has 0 aliphatic rings. The van der Waals surface area contributed by atoms with E-state index >= 15 is 0 Å². The molecule has 6 nitrogen and oxygen atoms in total. The molecular weight excluding hydrogens is 228 g/mol. The lowest BCUT2D eigenvalue weighted by Crippen LogP contribution is -2.05. The Bertz CT molecular complexity index is 699. The van der Waals surface area contributed by atoms with Crippen molar-refractivity contribution >= 4 is 22.7 Å². The SMILES string of the molecule is Nc1nc(N)nc(-c2nccc3ccccc23)n1. The van der Waals surface area contributed by atoms with Crippen LogP contribution in [0.5, 0.6) is 0 Å². The zero-order valence-electron chi connectivity index (χ0n) is 9.41. The summed E-state index contributed by atoms with van der Waals surface area (Å²) in [5.74, 6) is 0.566. The van der Waals surface area contributed by atoms with E-state index in [1.807, 2.05) is 30.3 Å². The summed E-state index contributed by atoms with van der Waals surface area (Å²) in [6.45, 7) is 0. The molecule has 0 unspecified atom stereocenters. The molecule has 3 rings (SSSR count). The summed E-state index contributed by atoms with van der Waals surface area (Å²) in [4.78, 5) is 16.2. The number of pyridine rings is 1. The van der Waals surface area contributed by atoms with Crippen LogP contribution in [0.2, 0.25) is 0 Å². The minimum atomic E-state index is 0.0900. The van der Waals surface area contributed by atoms with Gasteiger partial charge in [-0.2, -0.15) is 15.0 Å². The molecule has 0 amide bonds. The van der Waals surface area contributed by atoms with Crippen molar-refractivity contribution < 1.29 is 0 Å². The van der Waals surface area contributed by atoms with Crippen molar-refractivity contribution in [2.24, 2.45) is 0 Å². The molecule has 0 saturated carbocycles. The van der Waals surface area contributed by atoms with Gasteiger partial charge in [-0.1, -0.05) is 24.3 Å². The largest absolute Gasteiger partial charge is 0.368 e. The Morgan fingerprint density at radius 1 is 0.833 bits per heavy atom. The molecule has 18 heavy (non-hydrogen) atoms. The molecule has 0 aliphatic carbocycles. The fraction of sp³-hybridized carbons (Fsp3) is 0. The molecule has 0 bridgehead atoms. The van der Waals surface area contributed by atoms with Gasteiger partial charge in [0.15, 0.2) is 5.82 Å². The highest BCUT2D eigenvalue weighted by atomic mass is 15.1. The summed E-state index contributed by atoms with van der Waals surface area (Å²) in [6, 6.07) is 9.76. The third kappa shape index (κ3) is 1.69. The zero-order chi connectivity index (χ0) is 12.5. The monoisotopic (exact) mass is 238 g/mol. The summed E-state index contributed by atoms with van der Waals surface area (Å²) >= 11 is 0. The van der Waals surface area contributed by atoms with E-state index in [0.29, 0.717) is 11.5 Å². The van der Waals surface area contributed by atoms with E-state index in [2.05, 4.69) is 19.9 Å². The number of nitrogens with two attached hydrogens (primary N) is 2. The first-order valence-electron chi connectivity index (χ1n) is 5.35. The topological polar surface area (TPSA) is 104 Å². The lowest BCUT2D eigenvalue weighted by atomic mass is 10.1. The smallest absolute Gasteiger partial charge is 0.225 e. The molecule has 2 heterocycles. The van der Waals surface area contributed by atoms with Gasteiger partial charge in [0.2, 0.25) is 11.9 Å². The molecule has 1 aromatic carbocycles. The second-order valence-electron chi connectivity index (χ2n) is 3.76. The van der Waals surface area contributed by atoms with Crippen LogP contribution in [-0.4, -0.2) is 19.9 Å². The van der Waals surface area contributed by atoms with Crippen LogP contribution in [0, 0.1) is 0 Å². The predicted octanol–water partition coefficient (Wildman–Crippen LogP) is 1.25. The van der Waals surface area contributed by atoms with Crippen LogP contribution in [-0.2, 0) is 0 Å². The molecule has 3 aromatic rings. The van der Waals surface area contributed by atoms with Gasteiger partial charge in [-0.05, 0) is 11.5 Å². The number of hydrogen-bond acceptors (Lipinski definition) is 6. The third-order valence-corrected chi connectivity index (χ3v) is 2.56. The van der Waals surface area contributed by atoms with Crippen molar-refractivity contribution in [3.8, 4) is 11.5 Å². The van der Waals surface area contributed by atoms with Crippen molar-refractivity contribution in [2.75, 3.05) is 11.5 Å². The van der Waals surface area contributed by atoms with E-state index in [4.69, 9.17) is 11.5 Å². The molecule has 88 valence electrons. The lowest BCUT2D eigenvalue weighted by Gasteiger charge is -2.05. The third-order valence-electron chi connectivity index (χ3n) is 2.56. The molecule has 2 aromatic heterocycles. The van der Waals surface area contributed by atoms with E-state index in [0.717, 1.165) is 10.8 Å². The van der Waals surface area contributed by atoms with Gasteiger partial charge >= 0.3 is 0 Å². The van der Waals surface area contributed by atoms with Crippen molar-refractivity contribution in [3.05, 3.63) is 36.5 Å².